The maximum Gasteiger partial charge on any atom is 0.230 e. The van der Waals surface area contributed by atoms with Gasteiger partial charge in [-0.05, 0) is 47.1 Å². The van der Waals surface area contributed by atoms with Crippen LogP contribution in [0.25, 0.3) is 10.9 Å². The van der Waals surface area contributed by atoms with Crippen LogP contribution in [0.3, 0.4) is 0 Å². The number of carbonyl (C=O) groups excluding carboxylic acids is 1. The van der Waals surface area contributed by atoms with E-state index in [-0.39, 0.29) is 5.78 Å². The highest BCUT2D eigenvalue weighted by molar-refractivity contribution is 9.10. The summed E-state index contributed by atoms with van der Waals surface area (Å²) in [7, 11) is 0. The van der Waals surface area contributed by atoms with E-state index in [0.717, 1.165) is 16.5 Å². The van der Waals surface area contributed by atoms with Crippen molar-refractivity contribution in [3.63, 3.8) is 0 Å². The number of aryl methyl sites for hydroxylation is 1. The first-order valence-corrected chi connectivity index (χ1v) is 6.32. The van der Waals surface area contributed by atoms with Crippen molar-refractivity contribution < 1.29 is 9.21 Å². The van der Waals surface area contributed by atoms with Gasteiger partial charge in [0.1, 0.15) is 0 Å². The summed E-state index contributed by atoms with van der Waals surface area (Å²) in [6, 6.07) is 9.36. The Balaban J connectivity index is 2.14. The zero-order valence-corrected chi connectivity index (χ0v) is 11.2. The van der Waals surface area contributed by atoms with Gasteiger partial charge in [-0.1, -0.05) is 11.6 Å². The molecule has 0 unspecified atom stereocenters. The highest BCUT2D eigenvalue weighted by Gasteiger charge is 2.17. The Labute approximate surface area is 112 Å². The number of H-pyrrole nitrogens is 1. The second-order valence-corrected chi connectivity index (χ2v) is 4.97. The van der Waals surface area contributed by atoms with E-state index in [1.165, 1.54) is 0 Å². The molecule has 0 saturated heterocycles. The summed E-state index contributed by atoms with van der Waals surface area (Å²) in [5, 5.41) is 0.924. The molecular formula is C14H10BrNO2. The molecule has 2 heterocycles. The van der Waals surface area contributed by atoms with Crippen LogP contribution in [0.15, 0.2) is 45.6 Å². The Hall–Kier alpha value is -1.81. The lowest BCUT2D eigenvalue weighted by Crippen LogP contribution is -1.98. The number of furan rings is 1. The van der Waals surface area contributed by atoms with Gasteiger partial charge in [0, 0.05) is 17.1 Å². The number of aromatic nitrogens is 1. The lowest BCUT2D eigenvalue weighted by molar-refractivity contribution is 0.101. The number of benzene rings is 1. The average Bonchev–Trinajstić information content (AvgIpc) is 2.94. The van der Waals surface area contributed by atoms with Crippen molar-refractivity contribution in [2.75, 3.05) is 0 Å². The first kappa shape index (κ1) is 11.3. The molecule has 0 atom stereocenters. The van der Waals surface area contributed by atoms with Gasteiger partial charge in [-0.25, -0.2) is 0 Å². The third-order valence-corrected chi connectivity index (χ3v) is 3.31. The molecule has 0 fully saturated rings. The van der Waals surface area contributed by atoms with Crippen LogP contribution in [0.2, 0.25) is 0 Å². The fraction of sp³-hybridized carbons (Fsp3) is 0.0714. The van der Waals surface area contributed by atoms with E-state index < -0.39 is 0 Å². The number of rotatable bonds is 2. The molecule has 3 nitrogen and oxygen atoms in total. The zero-order valence-electron chi connectivity index (χ0n) is 9.66. The molecule has 18 heavy (non-hydrogen) atoms. The standard InChI is InChI=1S/C14H10BrNO2/c1-8-2-3-11-9(6-8)10(7-16-11)14(17)12-4-5-13(15)18-12/h2-7,16H,1H3. The molecule has 0 aliphatic carbocycles. The predicted molar refractivity (Wildman–Crippen MR) is 72.9 cm³/mol. The molecule has 0 saturated carbocycles. The summed E-state index contributed by atoms with van der Waals surface area (Å²) in [5.74, 6) is 0.224. The Morgan fingerprint density at radius 1 is 1.28 bits per heavy atom. The second-order valence-electron chi connectivity index (χ2n) is 4.18. The van der Waals surface area contributed by atoms with Crippen molar-refractivity contribution in [3.8, 4) is 0 Å². The van der Waals surface area contributed by atoms with Crippen LogP contribution >= 0.6 is 15.9 Å². The Kier molecular flexibility index (Phi) is 2.59. The summed E-state index contributed by atoms with van der Waals surface area (Å²) in [4.78, 5) is 15.4. The smallest absolute Gasteiger partial charge is 0.230 e. The molecule has 3 rings (SSSR count). The minimum atomic E-state index is -0.113. The van der Waals surface area contributed by atoms with Gasteiger partial charge in [-0.3, -0.25) is 4.79 Å². The molecule has 1 N–H and O–H groups in total. The van der Waals surface area contributed by atoms with Crippen molar-refractivity contribution in [2.45, 2.75) is 6.92 Å². The highest BCUT2D eigenvalue weighted by atomic mass is 79.9. The zero-order chi connectivity index (χ0) is 12.7. The highest BCUT2D eigenvalue weighted by Crippen LogP contribution is 2.24. The maximum absolute atomic E-state index is 12.3. The molecule has 1 aromatic carbocycles. The first-order chi connectivity index (χ1) is 8.65. The quantitative estimate of drug-likeness (QED) is 0.726. The predicted octanol–water partition coefficient (Wildman–Crippen LogP) is 4.06. The Morgan fingerprint density at radius 3 is 2.83 bits per heavy atom. The van der Waals surface area contributed by atoms with E-state index in [1.807, 2.05) is 25.1 Å². The third-order valence-electron chi connectivity index (χ3n) is 2.88. The van der Waals surface area contributed by atoms with Gasteiger partial charge < -0.3 is 9.40 Å². The van der Waals surface area contributed by atoms with Crippen LogP contribution in [0.4, 0.5) is 0 Å². The second kappa shape index (κ2) is 4.14. The summed E-state index contributed by atoms with van der Waals surface area (Å²) < 4.78 is 5.86. The van der Waals surface area contributed by atoms with Gasteiger partial charge in [0.15, 0.2) is 10.4 Å². The minimum absolute atomic E-state index is 0.113. The topological polar surface area (TPSA) is 46.0 Å². The summed E-state index contributed by atoms with van der Waals surface area (Å²) >= 11 is 3.20. The lowest BCUT2D eigenvalue weighted by Gasteiger charge is -1.97. The van der Waals surface area contributed by atoms with E-state index in [1.54, 1.807) is 18.3 Å². The van der Waals surface area contributed by atoms with Crippen molar-refractivity contribution in [1.82, 2.24) is 4.98 Å². The summed E-state index contributed by atoms with van der Waals surface area (Å²) in [6.07, 6.45) is 1.73. The Morgan fingerprint density at radius 2 is 2.11 bits per heavy atom. The number of halogens is 1. The maximum atomic E-state index is 12.3. The number of nitrogens with one attached hydrogen (secondary N) is 1. The van der Waals surface area contributed by atoms with Crippen LogP contribution < -0.4 is 0 Å². The van der Waals surface area contributed by atoms with E-state index in [0.29, 0.717) is 16.0 Å². The summed E-state index contributed by atoms with van der Waals surface area (Å²) in [5.41, 5.74) is 2.71. The molecule has 2 aromatic heterocycles. The molecule has 3 aromatic rings. The van der Waals surface area contributed by atoms with Crippen LogP contribution in [0.5, 0.6) is 0 Å². The fourth-order valence-electron chi connectivity index (χ4n) is 1.99. The number of hydrogen-bond acceptors (Lipinski definition) is 2. The molecule has 0 radical (unpaired) electrons. The van der Waals surface area contributed by atoms with Crippen molar-refractivity contribution in [2.24, 2.45) is 0 Å². The van der Waals surface area contributed by atoms with Gasteiger partial charge in [0.05, 0.1) is 5.56 Å². The van der Waals surface area contributed by atoms with Crippen LogP contribution in [0.1, 0.15) is 21.7 Å². The monoisotopic (exact) mass is 303 g/mol. The van der Waals surface area contributed by atoms with Crippen LogP contribution in [-0.2, 0) is 0 Å². The SMILES string of the molecule is Cc1ccc2[nH]cc(C(=O)c3ccc(Br)o3)c2c1. The fourth-order valence-corrected chi connectivity index (χ4v) is 2.30. The molecular weight excluding hydrogens is 294 g/mol. The molecule has 0 amide bonds. The summed E-state index contributed by atoms with van der Waals surface area (Å²) in [6.45, 7) is 2.00. The number of ketones is 1. The number of fused-ring (bicyclic) bond motifs is 1. The van der Waals surface area contributed by atoms with Gasteiger partial charge in [0.25, 0.3) is 0 Å². The van der Waals surface area contributed by atoms with Crippen LogP contribution in [-0.4, -0.2) is 10.8 Å². The molecule has 90 valence electrons. The van der Waals surface area contributed by atoms with Crippen LogP contribution in [0, 0.1) is 6.92 Å². The van der Waals surface area contributed by atoms with E-state index in [4.69, 9.17) is 4.42 Å². The van der Waals surface area contributed by atoms with Crippen molar-refractivity contribution in [1.29, 1.82) is 0 Å². The normalized spacial score (nSPS) is 11.0. The van der Waals surface area contributed by atoms with Gasteiger partial charge in [-0.2, -0.15) is 0 Å². The van der Waals surface area contributed by atoms with Gasteiger partial charge >= 0.3 is 0 Å². The third kappa shape index (κ3) is 1.78. The number of aromatic amines is 1. The number of carbonyl (C=O) groups is 1. The molecule has 0 spiro atoms. The lowest BCUT2D eigenvalue weighted by atomic mass is 10.1. The van der Waals surface area contributed by atoms with Crippen molar-refractivity contribution >= 4 is 32.6 Å². The van der Waals surface area contributed by atoms with E-state index in [9.17, 15) is 4.79 Å². The molecule has 4 heteroatoms. The molecule has 0 aliphatic rings. The van der Waals surface area contributed by atoms with Gasteiger partial charge in [0.2, 0.25) is 5.78 Å². The molecule has 0 aliphatic heterocycles. The average molecular weight is 304 g/mol. The van der Waals surface area contributed by atoms with Crippen molar-refractivity contribution in [3.05, 3.63) is 58.1 Å². The Bertz CT molecular complexity index is 739. The largest absolute Gasteiger partial charge is 0.446 e. The van der Waals surface area contributed by atoms with E-state index in [2.05, 4.69) is 20.9 Å². The number of hydrogen-bond donors (Lipinski definition) is 1. The first-order valence-electron chi connectivity index (χ1n) is 5.53. The van der Waals surface area contributed by atoms with Gasteiger partial charge in [-0.15, -0.1) is 0 Å². The minimum Gasteiger partial charge on any atom is -0.446 e. The van der Waals surface area contributed by atoms with E-state index >= 15 is 0 Å². The molecule has 0 bridgehead atoms.